The van der Waals surface area contributed by atoms with Gasteiger partial charge in [-0.3, -0.25) is 4.90 Å². The number of hydrogen-bond acceptors (Lipinski definition) is 2. The molecule has 2 saturated carbocycles. The molecule has 3 aliphatic carbocycles. The standard InChI is InChI=1S/C33H38FNO/c1-31-14-12-26-19-25-8-9-28(35-17-13-27(34)21-35)20-32(25)15-16-33(26,36-32)30(31)11-10-29(31)24-7-6-22-4-2-3-5-23(22)18-24/h2-7,12,18-19,27-30H,8-11,13-17,20-21H2,1H3/t27-,28-,29-,30-,31-,32-,33-/m1/s1. The van der Waals surface area contributed by atoms with Crippen molar-refractivity contribution in [3.05, 3.63) is 71.3 Å². The van der Waals surface area contributed by atoms with Crippen molar-refractivity contribution in [2.45, 2.75) is 94.0 Å². The third-order valence-corrected chi connectivity index (χ3v) is 11.5. The lowest BCUT2D eigenvalue weighted by Crippen LogP contribution is -2.55. The topological polar surface area (TPSA) is 12.5 Å². The van der Waals surface area contributed by atoms with Crippen LogP contribution >= 0.6 is 0 Å². The molecule has 0 radical (unpaired) electrons. The highest BCUT2D eigenvalue weighted by Gasteiger charge is 2.66. The highest BCUT2D eigenvalue weighted by atomic mass is 19.1. The molecule has 8 rings (SSSR count). The molecule has 0 unspecified atom stereocenters. The van der Waals surface area contributed by atoms with Crippen molar-refractivity contribution < 1.29 is 9.13 Å². The van der Waals surface area contributed by atoms with E-state index in [2.05, 4.69) is 66.4 Å². The van der Waals surface area contributed by atoms with Crippen molar-refractivity contribution >= 4 is 10.8 Å². The van der Waals surface area contributed by atoms with E-state index in [0.717, 1.165) is 45.1 Å². The Kier molecular flexibility index (Phi) is 4.62. The lowest BCUT2D eigenvalue weighted by molar-refractivity contribution is -0.140. The van der Waals surface area contributed by atoms with Crippen LogP contribution in [0.3, 0.4) is 0 Å². The molecule has 2 saturated heterocycles. The van der Waals surface area contributed by atoms with E-state index in [4.69, 9.17) is 4.74 Å². The van der Waals surface area contributed by atoms with E-state index in [1.165, 1.54) is 34.8 Å². The van der Waals surface area contributed by atoms with Crippen molar-refractivity contribution in [2.75, 3.05) is 13.1 Å². The minimum atomic E-state index is -0.638. The van der Waals surface area contributed by atoms with Gasteiger partial charge in [-0.05, 0) is 103 Å². The second-order valence-electron chi connectivity index (χ2n) is 13.1. The minimum Gasteiger partial charge on any atom is -0.359 e. The Bertz CT molecular complexity index is 1300. The quantitative estimate of drug-likeness (QED) is 0.439. The molecule has 188 valence electrons. The summed E-state index contributed by atoms with van der Waals surface area (Å²) in [6.45, 7) is 4.12. The Morgan fingerprint density at radius 3 is 2.75 bits per heavy atom. The summed E-state index contributed by atoms with van der Waals surface area (Å²) in [5.41, 5.74) is 4.57. The van der Waals surface area contributed by atoms with Gasteiger partial charge in [-0.25, -0.2) is 4.39 Å². The zero-order chi connectivity index (χ0) is 24.1. The van der Waals surface area contributed by atoms with Crippen LogP contribution in [0.15, 0.2) is 65.8 Å². The SMILES string of the molecule is C[C@]12CC=C3C=C4CC[C@@H](N5CC[C@@H](F)C5)C[C@]45CC[C@]3(O5)[C@@H]1CC[C@@H]2c1ccc2ccccc2c1. The summed E-state index contributed by atoms with van der Waals surface area (Å²) < 4.78 is 21.5. The molecule has 2 nitrogen and oxygen atoms in total. The molecule has 3 aliphatic heterocycles. The van der Waals surface area contributed by atoms with Gasteiger partial charge in [0.15, 0.2) is 0 Å². The summed E-state index contributed by atoms with van der Waals surface area (Å²) in [4.78, 5) is 2.44. The molecule has 7 atom stereocenters. The minimum absolute atomic E-state index is 0.103. The Morgan fingerprint density at radius 1 is 1.00 bits per heavy atom. The second-order valence-corrected chi connectivity index (χ2v) is 13.1. The molecule has 0 amide bonds. The molecule has 6 aliphatic rings. The number of nitrogens with zero attached hydrogens (tertiary/aromatic N) is 1. The fourth-order valence-corrected chi connectivity index (χ4v) is 9.74. The van der Waals surface area contributed by atoms with Gasteiger partial charge in [-0.1, -0.05) is 61.5 Å². The normalized spacial score (nSPS) is 43.6. The number of fused-ring (bicyclic) bond motifs is 2. The van der Waals surface area contributed by atoms with Gasteiger partial charge in [0, 0.05) is 19.1 Å². The van der Waals surface area contributed by atoms with Crippen molar-refractivity contribution in [1.82, 2.24) is 4.90 Å². The largest absolute Gasteiger partial charge is 0.359 e. The van der Waals surface area contributed by atoms with Crippen LogP contribution < -0.4 is 0 Å². The second kappa shape index (κ2) is 7.54. The van der Waals surface area contributed by atoms with E-state index in [9.17, 15) is 4.39 Å². The van der Waals surface area contributed by atoms with Gasteiger partial charge in [0.05, 0.1) is 11.2 Å². The first-order valence-corrected chi connectivity index (χ1v) is 14.5. The van der Waals surface area contributed by atoms with Gasteiger partial charge in [-0.15, -0.1) is 0 Å². The molecule has 2 aromatic carbocycles. The van der Waals surface area contributed by atoms with E-state index >= 15 is 0 Å². The van der Waals surface area contributed by atoms with Crippen LogP contribution in [0.4, 0.5) is 4.39 Å². The average molecular weight is 484 g/mol. The first-order valence-electron chi connectivity index (χ1n) is 14.5. The third-order valence-electron chi connectivity index (χ3n) is 11.5. The molecular weight excluding hydrogens is 445 g/mol. The number of benzene rings is 2. The Labute approximate surface area is 214 Å². The Hall–Kier alpha value is -1.97. The summed E-state index contributed by atoms with van der Waals surface area (Å²) >= 11 is 0. The van der Waals surface area contributed by atoms with E-state index in [1.54, 1.807) is 5.57 Å². The number of allylic oxidation sites excluding steroid dienone is 1. The summed E-state index contributed by atoms with van der Waals surface area (Å²) in [5, 5.41) is 2.69. The Morgan fingerprint density at radius 2 is 1.89 bits per heavy atom. The molecule has 2 aromatic rings. The number of likely N-dealkylation sites (tertiary alicyclic amines) is 1. The average Bonchev–Trinajstić information content (AvgIpc) is 3.57. The zero-order valence-electron chi connectivity index (χ0n) is 21.5. The van der Waals surface area contributed by atoms with Gasteiger partial charge in [-0.2, -0.15) is 0 Å². The van der Waals surface area contributed by atoms with Crippen LogP contribution in [0.25, 0.3) is 10.8 Å². The summed E-state index contributed by atoms with van der Waals surface area (Å²) in [6.07, 6.45) is 14.5. The predicted octanol–water partition coefficient (Wildman–Crippen LogP) is 7.49. The smallest absolute Gasteiger partial charge is 0.114 e. The van der Waals surface area contributed by atoms with Gasteiger partial charge in [0.1, 0.15) is 6.17 Å². The molecule has 0 N–H and O–H groups in total. The third kappa shape index (κ3) is 2.91. The van der Waals surface area contributed by atoms with Crippen LogP contribution in [-0.4, -0.2) is 41.4 Å². The Balaban J connectivity index is 1.14. The maximum atomic E-state index is 14.0. The highest BCUT2D eigenvalue weighted by molar-refractivity contribution is 5.83. The first-order chi connectivity index (χ1) is 17.5. The maximum Gasteiger partial charge on any atom is 0.114 e. The molecule has 2 bridgehead atoms. The number of alkyl halides is 1. The lowest BCUT2D eigenvalue weighted by Gasteiger charge is -2.55. The van der Waals surface area contributed by atoms with E-state index in [1.807, 2.05) is 0 Å². The summed E-state index contributed by atoms with van der Waals surface area (Å²) in [7, 11) is 0. The highest BCUT2D eigenvalue weighted by Crippen LogP contribution is 2.69. The van der Waals surface area contributed by atoms with Crippen molar-refractivity contribution in [3.63, 3.8) is 0 Å². The number of hydrogen-bond donors (Lipinski definition) is 0. The van der Waals surface area contributed by atoms with Crippen LogP contribution in [0.5, 0.6) is 0 Å². The van der Waals surface area contributed by atoms with Crippen LogP contribution in [0, 0.1) is 11.3 Å². The predicted molar refractivity (Wildman–Crippen MR) is 143 cm³/mol. The molecule has 3 heterocycles. The summed E-state index contributed by atoms with van der Waals surface area (Å²) in [6, 6.07) is 16.4. The van der Waals surface area contributed by atoms with Crippen molar-refractivity contribution in [3.8, 4) is 0 Å². The maximum absolute atomic E-state index is 14.0. The summed E-state index contributed by atoms with van der Waals surface area (Å²) in [5.74, 6) is 1.15. The zero-order valence-corrected chi connectivity index (χ0v) is 21.5. The first kappa shape index (κ1) is 22.1. The molecule has 3 heteroatoms. The van der Waals surface area contributed by atoms with E-state index in [-0.39, 0.29) is 16.6 Å². The van der Waals surface area contributed by atoms with Gasteiger partial charge < -0.3 is 4.74 Å². The van der Waals surface area contributed by atoms with Crippen molar-refractivity contribution in [2.24, 2.45) is 11.3 Å². The molecule has 2 spiro atoms. The fourth-order valence-electron chi connectivity index (χ4n) is 9.74. The molecule has 36 heavy (non-hydrogen) atoms. The van der Waals surface area contributed by atoms with Crippen molar-refractivity contribution in [1.29, 1.82) is 0 Å². The number of rotatable bonds is 2. The number of halogens is 1. The fraction of sp³-hybridized carbons (Fsp3) is 0.576. The number of ether oxygens (including phenoxy) is 1. The van der Waals surface area contributed by atoms with Crippen LogP contribution in [-0.2, 0) is 4.74 Å². The van der Waals surface area contributed by atoms with Crippen LogP contribution in [0.1, 0.15) is 76.2 Å². The molecule has 0 aromatic heterocycles. The monoisotopic (exact) mass is 483 g/mol. The molecule has 4 fully saturated rings. The van der Waals surface area contributed by atoms with Gasteiger partial charge in [0.25, 0.3) is 0 Å². The van der Waals surface area contributed by atoms with Gasteiger partial charge >= 0.3 is 0 Å². The molecular formula is C33H38FNO. The van der Waals surface area contributed by atoms with Crippen LogP contribution in [0.2, 0.25) is 0 Å². The van der Waals surface area contributed by atoms with E-state index < -0.39 is 6.17 Å². The van der Waals surface area contributed by atoms with Gasteiger partial charge in [0.2, 0.25) is 0 Å². The lowest BCUT2D eigenvalue weighted by atomic mass is 9.58. The van der Waals surface area contributed by atoms with E-state index in [0.29, 0.717) is 30.8 Å².